The van der Waals surface area contributed by atoms with Crippen molar-refractivity contribution in [3.8, 4) is 28.5 Å². The highest BCUT2D eigenvalue weighted by Gasteiger charge is 2.15. The highest BCUT2D eigenvalue weighted by atomic mass is 19.1. The van der Waals surface area contributed by atoms with Crippen LogP contribution in [0.1, 0.15) is 12.7 Å². The first kappa shape index (κ1) is 18.9. The summed E-state index contributed by atoms with van der Waals surface area (Å²) in [5.74, 6) is -0.313. The lowest BCUT2D eigenvalue weighted by atomic mass is 10.0. The fourth-order valence-electron chi connectivity index (χ4n) is 3.31. The van der Waals surface area contributed by atoms with Gasteiger partial charge >= 0.3 is 0 Å². The van der Waals surface area contributed by atoms with Gasteiger partial charge in [-0.25, -0.2) is 23.7 Å². The SMILES string of the molecule is CCc1ncn(-c2nccc(-c3cccc4cc(-c5c(F)cccc5F)nnc34)n2)n1. The zero-order valence-corrected chi connectivity index (χ0v) is 16.4. The molecule has 2 aromatic carbocycles. The maximum atomic E-state index is 14.2. The summed E-state index contributed by atoms with van der Waals surface area (Å²) < 4.78 is 29.9. The molecule has 0 atom stereocenters. The Labute approximate surface area is 175 Å². The third-order valence-corrected chi connectivity index (χ3v) is 4.82. The minimum Gasteiger partial charge on any atom is -0.220 e. The first-order valence-electron chi connectivity index (χ1n) is 9.59. The number of rotatable bonds is 4. The number of hydrogen-bond acceptors (Lipinski definition) is 6. The van der Waals surface area contributed by atoms with Crippen molar-refractivity contribution in [2.45, 2.75) is 13.3 Å². The van der Waals surface area contributed by atoms with Crippen LogP contribution >= 0.6 is 0 Å². The summed E-state index contributed by atoms with van der Waals surface area (Å²) in [5, 5.41) is 13.4. The van der Waals surface area contributed by atoms with Gasteiger partial charge < -0.3 is 0 Å². The minimum absolute atomic E-state index is 0.123. The van der Waals surface area contributed by atoms with Crippen molar-refractivity contribution in [3.63, 3.8) is 0 Å². The zero-order chi connectivity index (χ0) is 21.4. The van der Waals surface area contributed by atoms with Crippen LogP contribution in [0.25, 0.3) is 39.4 Å². The molecule has 31 heavy (non-hydrogen) atoms. The van der Waals surface area contributed by atoms with Crippen LogP contribution in [0.2, 0.25) is 0 Å². The summed E-state index contributed by atoms with van der Waals surface area (Å²) in [6.07, 6.45) is 3.90. The molecular formula is C22H15F2N7. The van der Waals surface area contributed by atoms with E-state index in [0.717, 1.165) is 0 Å². The van der Waals surface area contributed by atoms with Crippen LogP contribution in [0.15, 0.2) is 61.1 Å². The van der Waals surface area contributed by atoms with Crippen molar-refractivity contribution in [2.24, 2.45) is 0 Å². The second-order valence-corrected chi connectivity index (χ2v) is 6.77. The van der Waals surface area contributed by atoms with E-state index < -0.39 is 11.6 Å². The number of halogens is 2. The third-order valence-electron chi connectivity index (χ3n) is 4.82. The quantitative estimate of drug-likeness (QED) is 0.438. The molecule has 3 aromatic heterocycles. The van der Waals surface area contributed by atoms with Gasteiger partial charge in [0, 0.05) is 23.6 Å². The van der Waals surface area contributed by atoms with Crippen LogP contribution < -0.4 is 0 Å². The van der Waals surface area contributed by atoms with Crippen LogP contribution in [-0.4, -0.2) is 34.9 Å². The van der Waals surface area contributed by atoms with Gasteiger partial charge in [-0.1, -0.05) is 31.2 Å². The summed E-state index contributed by atoms with van der Waals surface area (Å²) in [6, 6.07) is 12.5. The summed E-state index contributed by atoms with van der Waals surface area (Å²) in [6.45, 7) is 1.97. The van der Waals surface area contributed by atoms with Crippen molar-refractivity contribution in [3.05, 3.63) is 78.5 Å². The Morgan fingerprint density at radius 1 is 0.903 bits per heavy atom. The van der Waals surface area contributed by atoms with Gasteiger partial charge in [-0.3, -0.25) is 0 Å². The van der Waals surface area contributed by atoms with Gasteiger partial charge in [0.2, 0.25) is 0 Å². The Morgan fingerprint density at radius 2 is 1.71 bits per heavy atom. The molecule has 0 unspecified atom stereocenters. The molecule has 152 valence electrons. The molecule has 0 aliphatic heterocycles. The van der Waals surface area contributed by atoms with E-state index in [9.17, 15) is 8.78 Å². The van der Waals surface area contributed by atoms with Gasteiger partial charge in [0.15, 0.2) is 5.82 Å². The van der Waals surface area contributed by atoms with Crippen LogP contribution in [0.3, 0.4) is 0 Å². The number of aromatic nitrogens is 7. The van der Waals surface area contributed by atoms with Gasteiger partial charge in [-0.15, -0.1) is 15.3 Å². The van der Waals surface area contributed by atoms with E-state index in [1.54, 1.807) is 24.7 Å². The molecule has 0 radical (unpaired) electrons. The Hall–Kier alpha value is -4.14. The highest BCUT2D eigenvalue weighted by Crippen LogP contribution is 2.30. The molecule has 0 bridgehead atoms. The number of hydrogen-bond donors (Lipinski definition) is 0. The van der Waals surface area contributed by atoms with Crippen molar-refractivity contribution < 1.29 is 8.78 Å². The van der Waals surface area contributed by atoms with E-state index in [2.05, 4.69) is 30.2 Å². The van der Waals surface area contributed by atoms with E-state index in [1.165, 1.54) is 22.9 Å². The third kappa shape index (κ3) is 3.39. The fourth-order valence-corrected chi connectivity index (χ4v) is 3.31. The van der Waals surface area contributed by atoms with Gasteiger partial charge in [-0.2, -0.15) is 4.68 Å². The Bertz CT molecular complexity index is 1390. The van der Waals surface area contributed by atoms with Gasteiger partial charge in [0.25, 0.3) is 5.95 Å². The van der Waals surface area contributed by atoms with E-state index in [4.69, 9.17) is 0 Å². The van der Waals surface area contributed by atoms with Crippen molar-refractivity contribution in [2.75, 3.05) is 0 Å². The number of fused-ring (bicyclic) bond motifs is 1. The average molecular weight is 415 g/mol. The first-order chi connectivity index (χ1) is 15.1. The lowest BCUT2D eigenvalue weighted by molar-refractivity contribution is 0.588. The Balaban J connectivity index is 1.61. The van der Waals surface area contributed by atoms with Crippen LogP contribution in [0.5, 0.6) is 0 Å². The highest BCUT2D eigenvalue weighted by molar-refractivity contribution is 5.93. The molecule has 0 spiro atoms. The monoisotopic (exact) mass is 415 g/mol. The van der Waals surface area contributed by atoms with Crippen molar-refractivity contribution in [1.29, 1.82) is 0 Å². The van der Waals surface area contributed by atoms with Gasteiger partial charge in [0.1, 0.15) is 23.5 Å². The molecule has 0 aliphatic carbocycles. The molecule has 0 amide bonds. The molecule has 0 aliphatic rings. The summed E-state index contributed by atoms with van der Waals surface area (Å²) >= 11 is 0. The smallest absolute Gasteiger partial charge is 0.220 e. The zero-order valence-electron chi connectivity index (χ0n) is 16.4. The molecule has 5 aromatic rings. The minimum atomic E-state index is -0.690. The normalized spacial score (nSPS) is 11.2. The molecule has 0 N–H and O–H groups in total. The van der Waals surface area contributed by atoms with Crippen LogP contribution in [0, 0.1) is 11.6 Å². The Morgan fingerprint density at radius 3 is 2.48 bits per heavy atom. The molecule has 3 heterocycles. The molecule has 7 nitrogen and oxygen atoms in total. The van der Waals surface area contributed by atoms with E-state index in [0.29, 0.717) is 40.4 Å². The van der Waals surface area contributed by atoms with E-state index >= 15 is 0 Å². The predicted octanol–water partition coefficient (Wildman–Crippen LogP) is 4.18. The second-order valence-electron chi connectivity index (χ2n) is 6.77. The summed E-state index contributed by atoms with van der Waals surface area (Å²) in [5.41, 5.74) is 1.80. The Kier molecular flexibility index (Phi) is 4.62. The van der Waals surface area contributed by atoms with E-state index in [-0.39, 0.29) is 11.3 Å². The van der Waals surface area contributed by atoms with Gasteiger partial charge in [-0.05, 0) is 24.3 Å². The summed E-state index contributed by atoms with van der Waals surface area (Å²) in [4.78, 5) is 13.1. The predicted molar refractivity (Wildman–Crippen MR) is 110 cm³/mol. The maximum absolute atomic E-state index is 14.2. The van der Waals surface area contributed by atoms with Crippen molar-refractivity contribution in [1.82, 2.24) is 34.9 Å². The molecule has 0 fully saturated rings. The number of aryl methyl sites for hydroxylation is 1. The van der Waals surface area contributed by atoms with Gasteiger partial charge in [0.05, 0.1) is 17.0 Å². The topological polar surface area (TPSA) is 82.3 Å². The van der Waals surface area contributed by atoms with Crippen LogP contribution in [0.4, 0.5) is 8.78 Å². The largest absolute Gasteiger partial charge is 0.252 e. The molecule has 5 rings (SSSR count). The van der Waals surface area contributed by atoms with E-state index in [1.807, 2.05) is 25.1 Å². The fraction of sp³-hybridized carbons (Fsp3) is 0.0909. The summed E-state index contributed by atoms with van der Waals surface area (Å²) in [7, 11) is 0. The van der Waals surface area contributed by atoms with Crippen LogP contribution in [-0.2, 0) is 6.42 Å². The standard InChI is InChI=1S/C22H15F2N7/c1-2-19-26-12-31(30-19)22-25-10-9-17(27-22)14-6-3-5-13-11-18(28-29-21(13)14)20-15(23)7-4-8-16(20)24/h3-12H,2H2,1H3. The first-order valence-corrected chi connectivity index (χ1v) is 9.59. The van der Waals surface area contributed by atoms with Crippen molar-refractivity contribution >= 4 is 10.9 Å². The lowest BCUT2D eigenvalue weighted by Gasteiger charge is -2.08. The lowest BCUT2D eigenvalue weighted by Crippen LogP contribution is -2.03. The molecular weight excluding hydrogens is 400 g/mol. The average Bonchev–Trinajstić information content (AvgIpc) is 3.28. The molecule has 0 saturated carbocycles. The molecule has 9 heteroatoms. The molecule has 0 saturated heterocycles. The second kappa shape index (κ2) is 7.60. The number of nitrogens with zero attached hydrogens (tertiary/aromatic N) is 7. The number of benzene rings is 2. The maximum Gasteiger partial charge on any atom is 0.252 e.